The monoisotopic (exact) mass is 275 g/mol. The van der Waals surface area contributed by atoms with Crippen molar-refractivity contribution in [2.45, 2.75) is 6.10 Å². The Morgan fingerprint density at radius 3 is 3.30 bits per heavy atom. The minimum absolute atomic E-state index is 0.0163. The van der Waals surface area contributed by atoms with Crippen molar-refractivity contribution in [3.8, 4) is 0 Å². The van der Waals surface area contributed by atoms with Crippen molar-refractivity contribution in [1.29, 1.82) is 0 Å². The number of aromatic nitrogens is 3. The average molecular weight is 275 g/mol. The molecule has 7 heteroatoms. The molecular formula is C13H17N5O2. The molecule has 0 radical (unpaired) electrons. The largest absolute Gasteiger partial charge is 0.373 e. The van der Waals surface area contributed by atoms with Crippen molar-refractivity contribution in [2.24, 2.45) is 0 Å². The first-order valence-corrected chi connectivity index (χ1v) is 6.62. The molecule has 106 valence electrons. The van der Waals surface area contributed by atoms with E-state index in [1.807, 2.05) is 11.9 Å². The second-order valence-electron chi connectivity index (χ2n) is 4.77. The lowest BCUT2D eigenvalue weighted by Gasteiger charge is -2.32. The van der Waals surface area contributed by atoms with Gasteiger partial charge < -0.3 is 15.0 Å². The van der Waals surface area contributed by atoms with Gasteiger partial charge in [-0.05, 0) is 7.05 Å². The molecule has 3 rings (SSSR count). The van der Waals surface area contributed by atoms with Gasteiger partial charge in [-0.25, -0.2) is 4.52 Å². The number of nitrogens with zero attached hydrogens (tertiary/aromatic N) is 4. The van der Waals surface area contributed by atoms with E-state index in [4.69, 9.17) is 4.74 Å². The third-order valence-corrected chi connectivity index (χ3v) is 3.41. The van der Waals surface area contributed by atoms with Crippen LogP contribution in [0.5, 0.6) is 0 Å². The molecule has 0 aliphatic carbocycles. The van der Waals surface area contributed by atoms with Crippen molar-refractivity contribution in [3.05, 3.63) is 30.4 Å². The SMILES string of the molecule is CNCC1CN(C(=O)c2cnn3ccncc23)CCO1. The minimum atomic E-state index is -0.0163. The molecule has 20 heavy (non-hydrogen) atoms. The van der Waals surface area contributed by atoms with Crippen LogP contribution >= 0.6 is 0 Å². The maximum atomic E-state index is 12.6. The fourth-order valence-corrected chi connectivity index (χ4v) is 2.42. The molecule has 1 aliphatic heterocycles. The maximum Gasteiger partial charge on any atom is 0.257 e. The smallest absolute Gasteiger partial charge is 0.257 e. The van der Waals surface area contributed by atoms with E-state index in [0.29, 0.717) is 25.3 Å². The number of fused-ring (bicyclic) bond motifs is 1. The predicted octanol–water partition coefficient (Wildman–Crippen LogP) is -0.210. The summed E-state index contributed by atoms with van der Waals surface area (Å²) < 4.78 is 7.27. The molecular weight excluding hydrogens is 258 g/mol. The lowest BCUT2D eigenvalue weighted by molar-refractivity contribution is -0.0195. The molecule has 2 aromatic heterocycles. The molecule has 0 bridgehead atoms. The van der Waals surface area contributed by atoms with Crippen molar-refractivity contribution in [2.75, 3.05) is 33.3 Å². The minimum Gasteiger partial charge on any atom is -0.373 e. The molecule has 1 atom stereocenters. The zero-order chi connectivity index (χ0) is 13.9. The molecule has 2 aromatic rings. The van der Waals surface area contributed by atoms with E-state index in [1.165, 1.54) is 0 Å². The highest BCUT2D eigenvalue weighted by molar-refractivity contribution is 6.00. The van der Waals surface area contributed by atoms with Gasteiger partial charge in [-0.3, -0.25) is 9.78 Å². The number of hydrogen-bond acceptors (Lipinski definition) is 5. The Morgan fingerprint density at radius 2 is 2.45 bits per heavy atom. The van der Waals surface area contributed by atoms with Crippen molar-refractivity contribution in [1.82, 2.24) is 24.8 Å². The number of carbonyl (C=O) groups is 1. The molecule has 1 amide bonds. The average Bonchev–Trinajstić information content (AvgIpc) is 2.91. The summed E-state index contributed by atoms with van der Waals surface area (Å²) >= 11 is 0. The van der Waals surface area contributed by atoms with Crippen LogP contribution in [0.25, 0.3) is 5.52 Å². The van der Waals surface area contributed by atoms with E-state index in [9.17, 15) is 4.79 Å². The highest BCUT2D eigenvalue weighted by Gasteiger charge is 2.26. The predicted molar refractivity (Wildman–Crippen MR) is 72.6 cm³/mol. The maximum absolute atomic E-state index is 12.6. The molecule has 1 saturated heterocycles. The van der Waals surface area contributed by atoms with E-state index >= 15 is 0 Å². The van der Waals surface area contributed by atoms with Gasteiger partial charge in [0.15, 0.2) is 0 Å². The third kappa shape index (κ3) is 2.37. The Hall–Kier alpha value is -1.99. The van der Waals surface area contributed by atoms with Gasteiger partial charge in [-0.15, -0.1) is 0 Å². The first kappa shape index (κ1) is 13.0. The summed E-state index contributed by atoms with van der Waals surface area (Å²) in [6.07, 6.45) is 6.67. The highest BCUT2D eigenvalue weighted by atomic mass is 16.5. The zero-order valence-electron chi connectivity index (χ0n) is 11.3. The van der Waals surface area contributed by atoms with Gasteiger partial charge in [-0.2, -0.15) is 5.10 Å². The van der Waals surface area contributed by atoms with Gasteiger partial charge in [-0.1, -0.05) is 0 Å². The summed E-state index contributed by atoms with van der Waals surface area (Å²) in [6.45, 7) is 2.50. The van der Waals surface area contributed by atoms with Crippen LogP contribution in [0.2, 0.25) is 0 Å². The quantitative estimate of drug-likeness (QED) is 0.839. The number of nitrogens with one attached hydrogen (secondary N) is 1. The van der Waals surface area contributed by atoms with Gasteiger partial charge in [0.1, 0.15) is 0 Å². The van der Waals surface area contributed by atoms with Gasteiger partial charge in [0, 0.05) is 32.0 Å². The van der Waals surface area contributed by atoms with Crippen molar-refractivity contribution >= 4 is 11.4 Å². The second kappa shape index (κ2) is 5.56. The fraction of sp³-hybridized carbons (Fsp3) is 0.462. The van der Waals surface area contributed by atoms with Crippen LogP contribution in [0.4, 0.5) is 0 Å². The Bertz CT molecular complexity index is 610. The normalized spacial score (nSPS) is 19.4. The van der Waals surface area contributed by atoms with Gasteiger partial charge in [0.2, 0.25) is 0 Å². The Morgan fingerprint density at radius 1 is 1.55 bits per heavy atom. The summed E-state index contributed by atoms with van der Waals surface area (Å²) in [5.74, 6) is -0.0163. The molecule has 0 saturated carbocycles. The first-order valence-electron chi connectivity index (χ1n) is 6.62. The molecule has 7 nitrogen and oxygen atoms in total. The Labute approximate surface area is 116 Å². The van der Waals surface area contributed by atoms with Crippen molar-refractivity contribution < 1.29 is 9.53 Å². The molecule has 1 fully saturated rings. The molecule has 1 unspecified atom stereocenters. The summed E-state index contributed by atoms with van der Waals surface area (Å²) in [5, 5.41) is 7.25. The van der Waals surface area contributed by atoms with Crippen LogP contribution < -0.4 is 5.32 Å². The Balaban J connectivity index is 1.81. The topological polar surface area (TPSA) is 71.8 Å². The van der Waals surface area contributed by atoms with Crippen LogP contribution in [0, 0.1) is 0 Å². The second-order valence-corrected chi connectivity index (χ2v) is 4.77. The van der Waals surface area contributed by atoms with Crippen LogP contribution in [-0.2, 0) is 4.74 Å². The number of rotatable bonds is 3. The zero-order valence-corrected chi connectivity index (χ0v) is 11.3. The van der Waals surface area contributed by atoms with E-state index in [0.717, 1.165) is 12.1 Å². The van der Waals surface area contributed by atoms with E-state index in [1.54, 1.807) is 29.3 Å². The highest BCUT2D eigenvalue weighted by Crippen LogP contribution is 2.14. The number of ether oxygens (including phenoxy) is 1. The molecule has 0 spiro atoms. The summed E-state index contributed by atoms with van der Waals surface area (Å²) in [7, 11) is 1.88. The van der Waals surface area contributed by atoms with Crippen LogP contribution in [0.15, 0.2) is 24.8 Å². The van der Waals surface area contributed by atoms with Gasteiger partial charge in [0.25, 0.3) is 5.91 Å². The lowest BCUT2D eigenvalue weighted by Crippen LogP contribution is -2.48. The van der Waals surface area contributed by atoms with E-state index in [2.05, 4.69) is 15.4 Å². The standard InChI is InChI=1S/C13H17N5O2/c1-14-6-10-9-17(4-5-20-10)13(19)11-7-16-18-3-2-15-8-12(11)18/h2-3,7-8,10,14H,4-6,9H2,1H3. The molecule has 1 aliphatic rings. The van der Waals surface area contributed by atoms with Gasteiger partial charge >= 0.3 is 0 Å². The fourth-order valence-electron chi connectivity index (χ4n) is 2.42. The first-order chi connectivity index (χ1) is 9.79. The van der Waals surface area contributed by atoms with Crippen LogP contribution in [0.1, 0.15) is 10.4 Å². The van der Waals surface area contributed by atoms with Crippen molar-refractivity contribution in [3.63, 3.8) is 0 Å². The molecule has 1 N–H and O–H groups in total. The molecule has 3 heterocycles. The third-order valence-electron chi connectivity index (χ3n) is 3.41. The summed E-state index contributed by atoms with van der Waals surface area (Å²) in [5.41, 5.74) is 1.32. The van der Waals surface area contributed by atoms with Gasteiger partial charge in [0.05, 0.1) is 36.2 Å². The lowest BCUT2D eigenvalue weighted by atomic mass is 10.2. The van der Waals surface area contributed by atoms with E-state index < -0.39 is 0 Å². The van der Waals surface area contributed by atoms with E-state index in [-0.39, 0.29) is 12.0 Å². The number of morpholine rings is 1. The Kier molecular flexibility index (Phi) is 3.62. The number of carbonyl (C=O) groups excluding carboxylic acids is 1. The number of likely N-dealkylation sites (N-methyl/N-ethyl adjacent to an activating group) is 1. The number of hydrogen-bond donors (Lipinski definition) is 1. The van der Waals surface area contributed by atoms with Crippen LogP contribution in [0.3, 0.4) is 0 Å². The molecule has 0 aromatic carbocycles. The summed E-state index contributed by atoms with van der Waals surface area (Å²) in [6, 6.07) is 0. The number of amides is 1. The van der Waals surface area contributed by atoms with Crippen LogP contribution in [-0.4, -0.2) is 64.8 Å². The summed E-state index contributed by atoms with van der Waals surface area (Å²) in [4.78, 5) is 18.5.